The Hall–Kier alpha value is -2.21. The predicted molar refractivity (Wildman–Crippen MR) is 121 cm³/mol. The van der Waals surface area contributed by atoms with Crippen LogP contribution >= 0.6 is 11.3 Å². The van der Waals surface area contributed by atoms with Crippen LogP contribution in [0.4, 0.5) is 0 Å². The van der Waals surface area contributed by atoms with E-state index in [2.05, 4.69) is 49.3 Å². The van der Waals surface area contributed by atoms with Gasteiger partial charge in [0.25, 0.3) is 0 Å². The van der Waals surface area contributed by atoms with Crippen molar-refractivity contribution in [3.63, 3.8) is 0 Å². The Morgan fingerprint density at radius 1 is 1.24 bits per heavy atom. The lowest BCUT2D eigenvalue weighted by molar-refractivity contribution is 0.220. The van der Waals surface area contributed by atoms with Gasteiger partial charge in [-0.1, -0.05) is 26.8 Å². The van der Waals surface area contributed by atoms with Gasteiger partial charge in [-0.25, -0.2) is 4.68 Å². The molecule has 0 unspecified atom stereocenters. The van der Waals surface area contributed by atoms with Gasteiger partial charge < -0.3 is 9.47 Å². The molecule has 3 rings (SSSR count). The maximum absolute atomic E-state index is 5.63. The first kappa shape index (κ1) is 21.5. The number of hydrogen-bond donors (Lipinski definition) is 1. The molecular weight excluding hydrogens is 382 g/mol. The van der Waals surface area contributed by atoms with Crippen molar-refractivity contribution in [2.75, 3.05) is 26.2 Å². The van der Waals surface area contributed by atoms with E-state index in [1.165, 1.54) is 12.1 Å². The Bertz CT molecular complexity index is 934. The van der Waals surface area contributed by atoms with Crippen molar-refractivity contribution >= 4 is 11.3 Å². The summed E-state index contributed by atoms with van der Waals surface area (Å²) in [6, 6.07) is 5.88. The fourth-order valence-electron chi connectivity index (χ4n) is 3.73. The quantitative estimate of drug-likeness (QED) is 0.684. The maximum atomic E-state index is 5.63. The number of rotatable bonds is 6. The molecule has 158 valence electrons. The minimum atomic E-state index is 0.347. The molecule has 0 radical (unpaired) electrons. The van der Waals surface area contributed by atoms with Crippen LogP contribution < -0.4 is 19.7 Å². The van der Waals surface area contributed by atoms with Crippen LogP contribution in [0.2, 0.25) is 0 Å². The van der Waals surface area contributed by atoms with E-state index in [1.54, 1.807) is 25.6 Å². The lowest BCUT2D eigenvalue weighted by Gasteiger charge is -2.33. The molecule has 0 bridgehead atoms. The number of nitrogens with one attached hydrogen (secondary N) is 1. The lowest BCUT2D eigenvalue weighted by atomic mass is 9.74. The molecule has 1 aromatic heterocycles. The highest BCUT2D eigenvalue weighted by atomic mass is 32.1. The number of thiazole rings is 1. The van der Waals surface area contributed by atoms with Gasteiger partial charge in [0, 0.05) is 23.2 Å². The molecular formula is C23H33N3O2S. The SMILES string of the molecule is CCN=c1scc(-c2cc(OC)ccc2OC)n1NC1=CC[C@@H](C(C)(C)C)CC1. The molecule has 0 aliphatic heterocycles. The maximum Gasteiger partial charge on any atom is 0.204 e. The Labute approximate surface area is 178 Å². The summed E-state index contributed by atoms with van der Waals surface area (Å²) >= 11 is 1.63. The van der Waals surface area contributed by atoms with Crippen LogP contribution in [0.5, 0.6) is 11.5 Å². The van der Waals surface area contributed by atoms with Gasteiger partial charge in [-0.3, -0.25) is 10.4 Å². The third-order valence-electron chi connectivity index (χ3n) is 5.58. The molecule has 0 fully saturated rings. The Morgan fingerprint density at radius 3 is 2.62 bits per heavy atom. The summed E-state index contributed by atoms with van der Waals surface area (Å²) in [5, 5.41) is 2.13. The van der Waals surface area contributed by atoms with E-state index in [-0.39, 0.29) is 0 Å². The van der Waals surface area contributed by atoms with Gasteiger partial charge in [-0.2, -0.15) is 0 Å². The minimum absolute atomic E-state index is 0.347. The molecule has 5 nitrogen and oxygen atoms in total. The molecule has 1 N–H and O–H groups in total. The molecule has 0 amide bonds. The molecule has 1 aliphatic carbocycles. The molecule has 0 saturated carbocycles. The highest BCUT2D eigenvalue weighted by Crippen LogP contribution is 2.37. The van der Waals surface area contributed by atoms with Crippen molar-refractivity contribution in [3.8, 4) is 22.8 Å². The van der Waals surface area contributed by atoms with E-state index in [9.17, 15) is 0 Å². The number of nitrogens with zero attached hydrogens (tertiary/aromatic N) is 2. The van der Waals surface area contributed by atoms with Gasteiger partial charge in [-0.15, -0.1) is 11.3 Å². The van der Waals surface area contributed by atoms with Crippen molar-refractivity contribution in [2.24, 2.45) is 16.3 Å². The molecule has 2 aromatic rings. The monoisotopic (exact) mass is 415 g/mol. The number of ether oxygens (including phenoxy) is 2. The van der Waals surface area contributed by atoms with Crippen LogP contribution in [-0.2, 0) is 0 Å². The van der Waals surface area contributed by atoms with E-state index < -0.39 is 0 Å². The molecule has 29 heavy (non-hydrogen) atoms. The fraction of sp³-hybridized carbons (Fsp3) is 0.522. The predicted octanol–water partition coefficient (Wildman–Crippen LogP) is 5.43. The van der Waals surface area contributed by atoms with Crippen LogP contribution in [0.3, 0.4) is 0 Å². The van der Waals surface area contributed by atoms with E-state index >= 15 is 0 Å². The van der Waals surface area contributed by atoms with Gasteiger partial charge in [0.1, 0.15) is 11.5 Å². The van der Waals surface area contributed by atoms with E-state index in [0.717, 1.165) is 52.9 Å². The molecule has 1 heterocycles. The van der Waals surface area contributed by atoms with Crippen LogP contribution in [0, 0.1) is 11.3 Å². The first-order valence-corrected chi connectivity index (χ1v) is 11.1. The van der Waals surface area contributed by atoms with Gasteiger partial charge >= 0.3 is 0 Å². The summed E-state index contributed by atoms with van der Waals surface area (Å²) in [4.78, 5) is 5.64. The van der Waals surface area contributed by atoms with Crippen LogP contribution in [0.15, 0.2) is 40.3 Å². The summed E-state index contributed by atoms with van der Waals surface area (Å²) in [6.45, 7) is 9.81. The molecule has 0 spiro atoms. The highest BCUT2D eigenvalue weighted by molar-refractivity contribution is 7.07. The largest absolute Gasteiger partial charge is 0.497 e. The highest BCUT2D eigenvalue weighted by Gasteiger charge is 2.26. The van der Waals surface area contributed by atoms with E-state index in [1.807, 2.05) is 18.2 Å². The number of aromatic nitrogens is 1. The molecule has 6 heteroatoms. The Kier molecular flexibility index (Phi) is 6.73. The van der Waals surface area contributed by atoms with Gasteiger partial charge in [0.15, 0.2) is 0 Å². The topological polar surface area (TPSA) is 47.8 Å². The number of benzene rings is 1. The normalized spacial score (nSPS) is 17.8. The Morgan fingerprint density at radius 2 is 2.03 bits per heavy atom. The minimum Gasteiger partial charge on any atom is -0.497 e. The van der Waals surface area contributed by atoms with E-state index in [0.29, 0.717) is 5.41 Å². The average Bonchev–Trinajstić information content (AvgIpc) is 3.09. The number of allylic oxidation sites excluding steroid dienone is 2. The van der Waals surface area contributed by atoms with Crippen molar-refractivity contribution in [1.82, 2.24) is 4.68 Å². The summed E-state index contributed by atoms with van der Waals surface area (Å²) < 4.78 is 13.2. The zero-order chi connectivity index (χ0) is 21.0. The number of hydrogen-bond acceptors (Lipinski definition) is 5. The first-order valence-electron chi connectivity index (χ1n) is 10.3. The fourth-order valence-corrected chi connectivity index (χ4v) is 4.63. The second kappa shape index (κ2) is 9.08. The standard InChI is InChI=1S/C23H33N3O2S/c1-7-24-22-26(25-17-10-8-16(9-11-17)23(2,3)4)20(15-29-22)19-14-18(27-5)12-13-21(19)28-6/h10,12-16,25H,7-9,11H2,1-6H3/t16-/m1/s1. The van der Waals surface area contributed by atoms with Crippen LogP contribution in [0.1, 0.15) is 47.0 Å². The number of methoxy groups -OCH3 is 2. The smallest absolute Gasteiger partial charge is 0.204 e. The van der Waals surface area contributed by atoms with Crippen molar-refractivity contribution < 1.29 is 9.47 Å². The second-order valence-electron chi connectivity index (χ2n) is 8.46. The van der Waals surface area contributed by atoms with Crippen molar-refractivity contribution in [1.29, 1.82) is 0 Å². The van der Waals surface area contributed by atoms with Gasteiger partial charge in [-0.05, 0) is 55.7 Å². The van der Waals surface area contributed by atoms with E-state index in [4.69, 9.17) is 14.5 Å². The molecule has 1 atom stereocenters. The van der Waals surface area contributed by atoms with Gasteiger partial charge in [0.05, 0.1) is 19.9 Å². The average molecular weight is 416 g/mol. The third-order valence-corrected chi connectivity index (χ3v) is 6.44. The van der Waals surface area contributed by atoms with Crippen molar-refractivity contribution in [3.05, 3.63) is 40.2 Å². The van der Waals surface area contributed by atoms with Crippen LogP contribution in [0.25, 0.3) is 11.3 Å². The summed E-state index contributed by atoms with van der Waals surface area (Å²) in [5.74, 6) is 2.34. The summed E-state index contributed by atoms with van der Waals surface area (Å²) in [7, 11) is 3.38. The Balaban J connectivity index is 1.99. The third kappa shape index (κ3) is 4.86. The zero-order valence-corrected chi connectivity index (χ0v) is 19.2. The summed E-state index contributed by atoms with van der Waals surface area (Å²) in [5.41, 5.74) is 7.25. The summed E-state index contributed by atoms with van der Waals surface area (Å²) in [6.07, 6.45) is 5.71. The van der Waals surface area contributed by atoms with Gasteiger partial charge in [0.2, 0.25) is 4.80 Å². The molecule has 1 aromatic carbocycles. The molecule has 1 aliphatic rings. The zero-order valence-electron chi connectivity index (χ0n) is 18.4. The van der Waals surface area contributed by atoms with Crippen LogP contribution in [-0.4, -0.2) is 25.4 Å². The second-order valence-corrected chi connectivity index (χ2v) is 9.29. The van der Waals surface area contributed by atoms with Crippen molar-refractivity contribution in [2.45, 2.75) is 47.0 Å². The lowest BCUT2D eigenvalue weighted by Crippen LogP contribution is -2.29. The molecule has 0 saturated heterocycles. The first-order chi connectivity index (χ1) is 13.9.